The van der Waals surface area contributed by atoms with Crippen molar-refractivity contribution in [1.82, 2.24) is 0 Å². The van der Waals surface area contributed by atoms with Crippen LogP contribution >= 0.6 is 11.6 Å². The second kappa shape index (κ2) is 6.20. The summed E-state index contributed by atoms with van der Waals surface area (Å²) in [6, 6.07) is 8.11. The van der Waals surface area contributed by atoms with Crippen LogP contribution in [-0.4, -0.2) is 5.11 Å². The molecule has 0 heterocycles. The van der Waals surface area contributed by atoms with Crippen LogP contribution in [0.3, 0.4) is 0 Å². The van der Waals surface area contributed by atoms with Gasteiger partial charge >= 0.3 is 0 Å². The van der Waals surface area contributed by atoms with Gasteiger partial charge in [-0.2, -0.15) is 0 Å². The largest absolute Gasteiger partial charge is 0.488 e. The second-order valence-electron chi connectivity index (χ2n) is 4.35. The first-order valence-electron chi connectivity index (χ1n) is 6.02. The van der Waals surface area contributed by atoms with Crippen molar-refractivity contribution in [3.63, 3.8) is 0 Å². The molecule has 2 aromatic rings. The molecular formula is C15H13ClF2O2. The molecule has 0 aromatic heterocycles. The average molecular weight is 299 g/mol. The van der Waals surface area contributed by atoms with Crippen molar-refractivity contribution < 1.29 is 18.6 Å². The van der Waals surface area contributed by atoms with Crippen LogP contribution in [0.1, 0.15) is 24.2 Å². The van der Waals surface area contributed by atoms with Crippen molar-refractivity contribution in [2.75, 3.05) is 0 Å². The van der Waals surface area contributed by atoms with Crippen LogP contribution < -0.4 is 4.74 Å². The fourth-order valence-electron chi connectivity index (χ4n) is 1.80. The predicted molar refractivity (Wildman–Crippen MR) is 72.8 cm³/mol. The second-order valence-corrected chi connectivity index (χ2v) is 4.75. The molecule has 0 aliphatic carbocycles. The Morgan fingerprint density at radius 3 is 2.65 bits per heavy atom. The average Bonchev–Trinajstić information content (AvgIpc) is 2.37. The SMILES string of the molecule is C[C@@H](O)c1ccc(F)cc1OCc1c(F)cccc1Cl. The van der Waals surface area contributed by atoms with Crippen molar-refractivity contribution in [2.24, 2.45) is 0 Å². The van der Waals surface area contributed by atoms with Crippen LogP contribution in [0, 0.1) is 11.6 Å². The number of hydrogen-bond acceptors (Lipinski definition) is 2. The number of benzene rings is 2. The van der Waals surface area contributed by atoms with E-state index in [1.165, 1.54) is 31.2 Å². The molecule has 0 fully saturated rings. The Labute approximate surface area is 120 Å². The van der Waals surface area contributed by atoms with E-state index in [-0.39, 0.29) is 22.9 Å². The zero-order valence-corrected chi connectivity index (χ0v) is 11.5. The number of halogens is 3. The summed E-state index contributed by atoms with van der Waals surface area (Å²) < 4.78 is 32.2. The van der Waals surface area contributed by atoms with E-state index in [0.717, 1.165) is 6.07 Å². The lowest BCUT2D eigenvalue weighted by atomic mass is 10.1. The van der Waals surface area contributed by atoms with Crippen LogP contribution in [-0.2, 0) is 6.61 Å². The van der Waals surface area contributed by atoms with Gasteiger partial charge in [-0.3, -0.25) is 0 Å². The monoisotopic (exact) mass is 298 g/mol. The summed E-state index contributed by atoms with van der Waals surface area (Å²) in [5.41, 5.74) is 0.619. The first kappa shape index (κ1) is 14.8. The molecule has 2 aromatic carbocycles. The van der Waals surface area contributed by atoms with E-state index < -0.39 is 17.7 Å². The lowest BCUT2D eigenvalue weighted by Gasteiger charge is -2.14. The molecule has 0 unspecified atom stereocenters. The number of aliphatic hydroxyl groups excluding tert-OH is 1. The topological polar surface area (TPSA) is 29.5 Å². The zero-order chi connectivity index (χ0) is 14.7. The maximum Gasteiger partial charge on any atom is 0.131 e. The van der Waals surface area contributed by atoms with Crippen molar-refractivity contribution >= 4 is 11.6 Å². The molecule has 20 heavy (non-hydrogen) atoms. The van der Waals surface area contributed by atoms with Crippen LogP contribution in [0.4, 0.5) is 8.78 Å². The Morgan fingerprint density at radius 2 is 2.00 bits per heavy atom. The molecule has 106 valence electrons. The summed E-state index contributed by atoms with van der Waals surface area (Å²) in [7, 11) is 0. The maximum atomic E-state index is 13.6. The number of hydrogen-bond donors (Lipinski definition) is 1. The molecule has 1 N–H and O–H groups in total. The molecule has 0 aliphatic rings. The fraction of sp³-hybridized carbons (Fsp3) is 0.200. The number of aliphatic hydroxyl groups is 1. The Balaban J connectivity index is 2.25. The summed E-state index contributed by atoms with van der Waals surface area (Å²) in [4.78, 5) is 0. The molecule has 0 saturated carbocycles. The van der Waals surface area contributed by atoms with Crippen molar-refractivity contribution in [2.45, 2.75) is 19.6 Å². The van der Waals surface area contributed by atoms with Crippen LogP contribution in [0.5, 0.6) is 5.75 Å². The van der Waals surface area contributed by atoms with Gasteiger partial charge in [0.2, 0.25) is 0 Å². The van der Waals surface area contributed by atoms with E-state index >= 15 is 0 Å². The van der Waals surface area contributed by atoms with E-state index in [1.54, 1.807) is 6.07 Å². The lowest BCUT2D eigenvalue weighted by Crippen LogP contribution is -2.03. The molecule has 0 aliphatic heterocycles. The van der Waals surface area contributed by atoms with Gasteiger partial charge in [-0.05, 0) is 31.2 Å². The molecule has 1 atom stereocenters. The summed E-state index contributed by atoms with van der Waals surface area (Å²) in [5, 5.41) is 9.84. The minimum Gasteiger partial charge on any atom is -0.488 e. The Kier molecular flexibility index (Phi) is 4.57. The third kappa shape index (κ3) is 3.26. The molecule has 0 amide bonds. The van der Waals surface area contributed by atoms with E-state index in [9.17, 15) is 13.9 Å². The fourth-order valence-corrected chi connectivity index (χ4v) is 2.02. The molecule has 5 heteroatoms. The van der Waals surface area contributed by atoms with Crippen molar-refractivity contribution in [3.8, 4) is 5.75 Å². The molecule has 0 radical (unpaired) electrons. The highest BCUT2D eigenvalue weighted by Crippen LogP contribution is 2.28. The van der Waals surface area contributed by atoms with Gasteiger partial charge in [0.25, 0.3) is 0 Å². The van der Waals surface area contributed by atoms with E-state index in [1.807, 2.05) is 0 Å². The lowest BCUT2D eigenvalue weighted by molar-refractivity contribution is 0.189. The van der Waals surface area contributed by atoms with Gasteiger partial charge in [-0.25, -0.2) is 8.78 Å². The minimum atomic E-state index is -0.818. The van der Waals surface area contributed by atoms with Gasteiger partial charge in [-0.1, -0.05) is 17.7 Å². The highest BCUT2D eigenvalue weighted by Gasteiger charge is 2.13. The van der Waals surface area contributed by atoms with Crippen LogP contribution in [0.2, 0.25) is 5.02 Å². The molecule has 0 saturated heterocycles. The van der Waals surface area contributed by atoms with Gasteiger partial charge < -0.3 is 9.84 Å². The van der Waals surface area contributed by atoms with Gasteiger partial charge in [0.1, 0.15) is 24.0 Å². The Hall–Kier alpha value is -1.65. The summed E-state index contributed by atoms with van der Waals surface area (Å²) in [6.07, 6.45) is -0.818. The van der Waals surface area contributed by atoms with Gasteiger partial charge in [-0.15, -0.1) is 0 Å². The Morgan fingerprint density at radius 1 is 1.25 bits per heavy atom. The molecule has 0 bridgehead atoms. The molecule has 2 nitrogen and oxygen atoms in total. The van der Waals surface area contributed by atoms with E-state index in [4.69, 9.17) is 16.3 Å². The molecule has 2 rings (SSSR count). The predicted octanol–water partition coefficient (Wildman–Crippen LogP) is 4.25. The number of ether oxygens (including phenoxy) is 1. The van der Waals surface area contributed by atoms with Gasteiger partial charge in [0, 0.05) is 17.2 Å². The maximum absolute atomic E-state index is 13.6. The van der Waals surface area contributed by atoms with E-state index in [2.05, 4.69) is 0 Å². The third-order valence-electron chi connectivity index (χ3n) is 2.86. The summed E-state index contributed by atoms with van der Waals surface area (Å²) >= 11 is 5.89. The molecule has 0 spiro atoms. The quantitative estimate of drug-likeness (QED) is 0.914. The highest BCUT2D eigenvalue weighted by molar-refractivity contribution is 6.31. The van der Waals surface area contributed by atoms with Crippen molar-refractivity contribution in [1.29, 1.82) is 0 Å². The smallest absolute Gasteiger partial charge is 0.131 e. The summed E-state index contributed by atoms with van der Waals surface area (Å²) in [5.74, 6) is -0.823. The third-order valence-corrected chi connectivity index (χ3v) is 3.21. The Bertz CT molecular complexity index is 595. The standard InChI is InChI=1S/C15H13ClF2O2/c1-9(19)11-6-5-10(17)7-15(11)20-8-12-13(16)3-2-4-14(12)18/h2-7,9,19H,8H2,1H3/t9-/m1/s1. The van der Waals surface area contributed by atoms with Gasteiger partial charge in [0.05, 0.1) is 11.1 Å². The summed E-state index contributed by atoms with van der Waals surface area (Å²) in [6.45, 7) is 1.39. The number of rotatable bonds is 4. The molecular weight excluding hydrogens is 286 g/mol. The van der Waals surface area contributed by atoms with Gasteiger partial charge in [0.15, 0.2) is 0 Å². The first-order valence-corrected chi connectivity index (χ1v) is 6.40. The van der Waals surface area contributed by atoms with E-state index in [0.29, 0.717) is 5.56 Å². The van der Waals surface area contributed by atoms with Crippen molar-refractivity contribution in [3.05, 3.63) is 64.2 Å². The van der Waals surface area contributed by atoms with Crippen LogP contribution in [0.15, 0.2) is 36.4 Å². The minimum absolute atomic E-state index is 0.144. The van der Waals surface area contributed by atoms with Crippen LogP contribution in [0.25, 0.3) is 0 Å². The first-order chi connectivity index (χ1) is 9.49. The normalized spacial score (nSPS) is 12.2. The highest BCUT2D eigenvalue weighted by atomic mass is 35.5. The zero-order valence-electron chi connectivity index (χ0n) is 10.7.